The first-order valence-corrected chi connectivity index (χ1v) is 7.12. The molecule has 0 bridgehead atoms. The second-order valence-electron chi connectivity index (χ2n) is 7.08. The van der Waals surface area contributed by atoms with Gasteiger partial charge in [-0.25, -0.2) is 4.98 Å². The Morgan fingerprint density at radius 3 is 2.58 bits per heavy atom. The molecule has 0 radical (unpaired) electrons. The average Bonchev–Trinajstić information content (AvgIpc) is 3.22. The van der Waals surface area contributed by atoms with Crippen molar-refractivity contribution in [2.75, 3.05) is 6.54 Å². The van der Waals surface area contributed by atoms with Gasteiger partial charge in [-0.05, 0) is 37.0 Å². The third-order valence-electron chi connectivity index (χ3n) is 4.34. The van der Waals surface area contributed by atoms with E-state index in [1.807, 2.05) is 20.8 Å². The third kappa shape index (κ3) is 2.51. The van der Waals surface area contributed by atoms with Crippen LogP contribution in [0.4, 0.5) is 0 Å². The number of nitrogens with zero attached hydrogens (tertiary/aromatic N) is 2. The van der Waals surface area contributed by atoms with E-state index in [0.717, 1.165) is 18.3 Å². The van der Waals surface area contributed by atoms with E-state index in [0.29, 0.717) is 5.41 Å². The van der Waals surface area contributed by atoms with Crippen molar-refractivity contribution in [1.29, 1.82) is 0 Å². The molecule has 1 heterocycles. The first-order valence-electron chi connectivity index (χ1n) is 7.12. The van der Waals surface area contributed by atoms with Gasteiger partial charge >= 0.3 is 0 Å². The summed E-state index contributed by atoms with van der Waals surface area (Å²) in [4.78, 5) is 16.3. The molecule has 0 spiro atoms. The lowest BCUT2D eigenvalue weighted by atomic mass is 9.96. The van der Waals surface area contributed by atoms with Crippen LogP contribution in [0.1, 0.15) is 62.9 Å². The van der Waals surface area contributed by atoms with Crippen molar-refractivity contribution in [1.82, 2.24) is 20.5 Å². The summed E-state index contributed by atoms with van der Waals surface area (Å²) < 4.78 is 0. The van der Waals surface area contributed by atoms with Gasteiger partial charge in [0, 0.05) is 12.0 Å². The minimum atomic E-state index is -0.154. The van der Waals surface area contributed by atoms with E-state index in [4.69, 9.17) is 0 Å². The zero-order valence-corrected chi connectivity index (χ0v) is 11.9. The molecule has 1 amide bonds. The van der Waals surface area contributed by atoms with Crippen LogP contribution in [0.2, 0.25) is 0 Å². The zero-order chi connectivity index (χ0) is 13.7. The normalized spacial score (nSPS) is 21.2. The van der Waals surface area contributed by atoms with Crippen LogP contribution in [0, 0.1) is 11.3 Å². The van der Waals surface area contributed by atoms with Gasteiger partial charge in [0.15, 0.2) is 0 Å². The van der Waals surface area contributed by atoms with Gasteiger partial charge in [0.1, 0.15) is 5.82 Å². The highest BCUT2D eigenvalue weighted by Crippen LogP contribution is 2.60. The van der Waals surface area contributed by atoms with Crippen molar-refractivity contribution >= 4 is 5.91 Å². The molecule has 19 heavy (non-hydrogen) atoms. The summed E-state index contributed by atoms with van der Waals surface area (Å²) in [5.74, 6) is 1.71. The standard InChI is InChI=1S/C14H22N4O/c1-13(2,3)12-16-10(17-18-12)11(19)15-8-14(6-7-14)9-4-5-9/h9H,4-8H2,1-3H3,(H,15,19)(H,16,17,18). The smallest absolute Gasteiger partial charge is 0.290 e. The van der Waals surface area contributed by atoms with Crippen LogP contribution in [0.5, 0.6) is 0 Å². The van der Waals surface area contributed by atoms with Gasteiger partial charge in [-0.2, -0.15) is 0 Å². The molecule has 0 aliphatic heterocycles. The maximum atomic E-state index is 12.0. The summed E-state index contributed by atoms with van der Waals surface area (Å²) in [7, 11) is 0. The topological polar surface area (TPSA) is 70.7 Å². The Morgan fingerprint density at radius 1 is 1.42 bits per heavy atom. The molecule has 0 saturated heterocycles. The van der Waals surface area contributed by atoms with Crippen molar-refractivity contribution in [3.8, 4) is 0 Å². The lowest BCUT2D eigenvalue weighted by Gasteiger charge is -2.14. The SMILES string of the molecule is CC(C)(C)c1nc(C(=O)NCC2(C3CC3)CC2)n[nH]1. The highest BCUT2D eigenvalue weighted by atomic mass is 16.2. The Labute approximate surface area is 113 Å². The first kappa shape index (κ1) is 12.6. The Balaban J connectivity index is 1.59. The molecule has 104 valence electrons. The van der Waals surface area contributed by atoms with E-state index in [1.165, 1.54) is 25.7 Å². The highest BCUT2D eigenvalue weighted by molar-refractivity contribution is 5.90. The molecule has 2 fully saturated rings. The molecule has 3 rings (SSSR count). The number of aromatic amines is 1. The van der Waals surface area contributed by atoms with Crippen molar-refractivity contribution in [3.63, 3.8) is 0 Å². The number of carbonyl (C=O) groups is 1. The van der Waals surface area contributed by atoms with Crippen molar-refractivity contribution in [2.24, 2.45) is 11.3 Å². The van der Waals surface area contributed by atoms with Gasteiger partial charge in [-0.1, -0.05) is 20.8 Å². The fourth-order valence-corrected chi connectivity index (χ4v) is 2.62. The molecule has 0 aromatic carbocycles. The first-order chi connectivity index (χ1) is 8.91. The Hall–Kier alpha value is -1.39. The molecule has 1 aromatic heterocycles. The van der Waals surface area contributed by atoms with Gasteiger partial charge in [0.2, 0.25) is 5.82 Å². The van der Waals surface area contributed by atoms with Crippen LogP contribution in [-0.4, -0.2) is 27.6 Å². The lowest BCUT2D eigenvalue weighted by molar-refractivity contribution is 0.0932. The number of aromatic nitrogens is 3. The second-order valence-corrected chi connectivity index (χ2v) is 7.08. The monoisotopic (exact) mass is 262 g/mol. The average molecular weight is 262 g/mol. The Bertz CT molecular complexity index is 492. The molecule has 0 unspecified atom stereocenters. The van der Waals surface area contributed by atoms with Crippen LogP contribution >= 0.6 is 0 Å². The number of carbonyl (C=O) groups excluding carboxylic acids is 1. The largest absolute Gasteiger partial charge is 0.349 e. The summed E-state index contributed by atoms with van der Waals surface area (Å²) in [6.07, 6.45) is 5.20. The summed E-state index contributed by atoms with van der Waals surface area (Å²) in [6.45, 7) is 6.92. The van der Waals surface area contributed by atoms with Crippen LogP contribution in [-0.2, 0) is 5.41 Å². The van der Waals surface area contributed by atoms with E-state index >= 15 is 0 Å². The molecule has 1 aromatic rings. The highest BCUT2D eigenvalue weighted by Gasteiger charge is 2.53. The number of hydrogen-bond acceptors (Lipinski definition) is 3. The van der Waals surface area contributed by atoms with Gasteiger partial charge in [0.05, 0.1) is 0 Å². The van der Waals surface area contributed by atoms with E-state index in [1.54, 1.807) is 0 Å². The van der Waals surface area contributed by atoms with Crippen LogP contribution < -0.4 is 5.32 Å². The van der Waals surface area contributed by atoms with Crippen molar-refractivity contribution in [2.45, 2.75) is 51.9 Å². The van der Waals surface area contributed by atoms with Crippen LogP contribution in [0.3, 0.4) is 0 Å². The van der Waals surface area contributed by atoms with Gasteiger partial charge < -0.3 is 5.32 Å². The molecular formula is C14H22N4O. The fraction of sp³-hybridized carbons (Fsp3) is 0.786. The number of hydrogen-bond donors (Lipinski definition) is 2. The van der Waals surface area contributed by atoms with Gasteiger partial charge in [-0.15, -0.1) is 5.10 Å². The summed E-state index contributed by atoms with van der Waals surface area (Å²) in [6, 6.07) is 0. The van der Waals surface area contributed by atoms with Crippen molar-refractivity contribution < 1.29 is 4.79 Å². The molecular weight excluding hydrogens is 240 g/mol. The van der Waals surface area contributed by atoms with Gasteiger partial charge in [0.25, 0.3) is 5.91 Å². The maximum absolute atomic E-state index is 12.0. The molecule has 2 N–H and O–H groups in total. The van der Waals surface area contributed by atoms with E-state index < -0.39 is 0 Å². The molecule has 5 heteroatoms. The van der Waals surface area contributed by atoms with E-state index in [2.05, 4.69) is 20.5 Å². The predicted molar refractivity (Wildman–Crippen MR) is 71.8 cm³/mol. The zero-order valence-electron chi connectivity index (χ0n) is 11.9. The maximum Gasteiger partial charge on any atom is 0.290 e. The number of amides is 1. The molecule has 2 aliphatic carbocycles. The van der Waals surface area contributed by atoms with Crippen molar-refractivity contribution in [3.05, 3.63) is 11.6 Å². The second kappa shape index (κ2) is 4.05. The van der Waals surface area contributed by atoms with Gasteiger partial charge in [-0.3, -0.25) is 9.89 Å². The van der Waals surface area contributed by atoms with E-state index in [9.17, 15) is 4.79 Å². The summed E-state index contributed by atoms with van der Waals surface area (Å²) in [5.41, 5.74) is 0.302. The lowest BCUT2D eigenvalue weighted by Crippen LogP contribution is -2.32. The number of H-pyrrole nitrogens is 1. The molecule has 2 aliphatic rings. The fourth-order valence-electron chi connectivity index (χ4n) is 2.62. The summed E-state index contributed by atoms with van der Waals surface area (Å²) >= 11 is 0. The molecule has 2 saturated carbocycles. The van der Waals surface area contributed by atoms with E-state index in [-0.39, 0.29) is 17.1 Å². The summed E-state index contributed by atoms with van der Waals surface area (Å²) in [5, 5.41) is 9.87. The molecule has 5 nitrogen and oxygen atoms in total. The molecule has 0 atom stereocenters. The van der Waals surface area contributed by atoms with Crippen LogP contribution in [0.15, 0.2) is 0 Å². The quantitative estimate of drug-likeness (QED) is 0.872. The number of nitrogens with one attached hydrogen (secondary N) is 2. The Morgan fingerprint density at radius 2 is 2.11 bits per heavy atom. The Kier molecular flexibility index (Phi) is 2.69. The predicted octanol–water partition coefficient (Wildman–Crippen LogP) is 2.02. The van der Waals surface area contributed by atoms with Crippen LogP contribution in [0.25, 0.3) is 0 Å². The number of rotatable bonds is 4. The minimum absolute atomic E-state index is 0.114. The minimum Gasteiger partial charge on any atom is -0.349 e. The third-order valence-corrected chi connectivity index (χ3v) is 4.34.